The third kappa shape index (κ3) is 5.59. The van der Waals surface area contributed by atoms with Crippen molar-refractivity contribution in [1.82, 2.24) is 25.1 Å². The first kappa shape index (κ1) is 22.5. The van der Waals surface area contributed by atoms with Crippen LogP contribution in [0.2, 0.25) is 0 Å². The van der Waals surface area contributed by atoms with Crippen LogP contribution in [-0.2, 0) is 11.3 Å². The van der Waals surface area contributed by atoms with Crippen LogP contribution in [0.3, 0.4) is 0 Å². The van der Waals surface area contributed by atoms with Gasteiger partial charge in [-0.15, -0.1) is 10.2 Å². The van der Waals surface area contributed by atoms with Crippen LogP contribution in [0.5, 0.6) is 5.75 Å². The topological polar surface area (TPSA) is 81.9 Å². The maximum absolute atomic E-state index is 12.7. The van der Waals surface area contributed by atoms with Crippen molar-refractivity contribution in [3.05, 3.63) is 84.7 Å². The monoisotopic (exact) mass is 459 g/mol. The van der Waals surface area contributed by atoms with E-state index in [0.717, 1.165) is 22.6 Å². The number of rotatable bonds is 9. The molecule has 0 bridgehead atoms. The van der Waals surface area contributed by atoms with Gasteiger partial charge in [0.2, 0.25) is 5.91 Å². The number of hydrogen-bond donors (Lipinski definition) is 1. The third-order valence-electron chi connectivity index (χ3n) is 4.92. The van der Waals surface area contributed by atoms with Crippen molar-refractivity contribution in [2.24, 2.45) is 0 Å². The molecule has 2 aromatic carbocycles. The van der Waals surface area contributed by atoms with E-state index in [2.05, 4.69) is 20.5 Å². The summed E-state index contributed by atoms with van der Waals surface area (Å²) in [5, 5.41) is 12.1. The van der Waals surface area contributed by atoms with E-state index in [0.29, 0.717) is 24.1 Å². The molecule has 8 heteroatoms. The molecule has 168 valence electrons. The second-order valence-corrected chi connectivity index (χ2v) is 8.58. The number of ether oxygens (including phenoxy) is 1. The Hall–Kier alpha value is -3.65. The molecule has 1 amide bonds. The zero-order valence-corrected chi connectivity index (χ0v) is 19.3. The van der Waals surface area contributed by atoms with Gasteiger partial charge in [-0.1, -0.05) is 42.1 Å². The van der Waals surface area contributed by atoms with Crippen molar-refractivity contribution in [2.75, 3.05) is 6.61 Å². The SMILES string of the molecule is CCOc1ccc(-n2c(SC(C)C(=O)NCc3ccccc3)nnc2-c2cccnc2)cc1. The highest BCUT2D eigenvalue weighted by atomic mass is 32.2. The molecule has 7 nitrogen and oxygen atoms in total. The number of carbonyl (C=O) groups excluding carboxylic acids is 1. The highest BCUT2D eigenvalue weighted by Crippen LogP contribution is 2.30. The third-order valence-corrected chi connectivity index (χ3v) is 5.96. The van der Waals surface area contributed by atoms with Crippen molar-refractivity contribution >= 4 is 17.7 Å². The van der Waals surface area contributed by atoms with Gasteiger partial charge < -0.3 is 10.1 Å². The summed E-state index contributed by atoms with van der Waals surface area (Å²) in [6.45, 7) is 4.90. The lowest BCUT2D eigenvalue weighted by Crippen LogP contribution is -2.30. The lowest BCUT2D eigenvalue weighted by Gasteiger charge is -2.14. The molecule has 1 N–H and O–H groups in total. The minimum absolute atomic E-state index is 0.0620. The Labute approximate surface area is 197 Å². The van der Waals surface area contributed by atoms with E-state index >= 15 is 0 Å². The first-order chi connectivity index (χ1) is 16.2. The van der Waals surface area contributed by atoms with Gasteiger partial charge in [0.15, 0.2) is 11.0 Å². The van der Waals surface area contributed by atoms with Crippen LogP contribution in [0.15, 0.2) is 84.3 Å². The van der Waals surface area contributed by atoms with E-state index in [-0.39, 0.29) is 11.2 Å². The lowest BCUT2D eigenvalue weighted by atomic mass is 10.2. The Balaban J connectivity index is 1.58. The Morgan fingerprint density at radius 1 is 1.06 bits per heavy atom. The molecule has 0 saturated carbocycles. The van der Waals surface area contributed by atoms with E-state index in [1.54, 1.807) is 12.4 Å². The first-order valence-electron chi connectivity index (χ1n) is 10.7. The van der Waals surface area contributed by atoms with Crippen LogP contribution >= 0.6 is 11.8 Å². The number of thioether (sulfide) groups is 1. The molecule has 0 spiro atoms. The number of amides is 1. The Kier molecular flexibility index (Phi) is 7.36. The molecule has 0 aliphatic heterocycles. The summed E-state index contributed by atoms with van der Waals surface area (Å²) >= 11 is 1.36. The molecule has 0 fully saturated rings. The summed E-state index contributed by atoms with van der Waals surface area (Å²) < 4.78 is 7.52. The molecular weight excluding hydrogens is 434 g/mol. The summed E-state index contributed by atoms with van der Waals surface area (Å²) in [4.78, 5) is 17.0. The maximum Gasteiger partial charge on any atom is 0.233 e. The molecule has 4 rings (SSSR count). The molecule has 33 heavy (non-hydrogen) atoms. The van der Waals surface area contributed by atoms with Crippen molar-refractivity contribution in [3.63, 3.8) is 0 Å². The molecule has 0 aliphatic rings. The number of hydrogen-bond acceptors (Lipinski definition) is 6. The molecule has 2 heterocycles. The van der Waals surface area contributed by atoms with Crippen molar-refractivity contribution in [2.45, 2.75) is 30.8 Å². The second kappa shape index (κ2) is 10.8. The van der Waals surface area contributed by atoms with Crippen LogP contribution in [0.1, 0.15) is 19.4 Å². The first-order valence-corrected chi connectivity index (χ1v) is 11.6. The van der Waals surface area contributed by atoms with Gasteiger partial charge in [-0.3, -0.25) is 14.3 Å². The number of pyridine rings is 1. The molecule has 0 aliphatic carbocycles. The van der Waals surface area contributed by atoms with Gasteiger partial charge in [-0.05, 0) is 55.8 Å². The van der Waals surface area contributed by atoms with E-state index in [9.17, 15) is 4.79 Å². The Morgan fingerprint density at radius 2 is 1.85 bits per heavy atom. The van der Waals surface area contributed by atoms with Crippen LogP contribution in [0, 0.1) is 0 Å². The number of nitrogens with zero attached hydrogens (tertiary/aromatic N) is 4. The Morgan fingerprint density at radius 3 is 2.55 bits per heavy atom. The summed E-state index contributed by atoms with van der Waals surface area (Å²) in [7, 11) is 0. The Bertz CT molecular complexity index is 1180. The fourth-order valence-electron chi connectivity index (χ4n) is 3.26. The van der Waals surface area contributed by atoms with Gasteiger partial charge in [-0.2, -0.15) is 0 Å². The molecule has 1 atom stereocenters. The fraction of sp³-hybridized carbons (Fsp3) is 0.200. The maximum atomic E-state index is 12.7. The zero-order chi connectivity index (χ0) is 23.0. The van der Waals surface area contributed by atoms with Crippen LogP contribution in [0.25, 0.3) is 17.1 Å². The zero-order valence-electron chi connectivity index (χ0n) is 18.5. The van der Waals surface area contributed by atoms with Gasteiger partial charge in [-0.25, -0.2) is 0 Å². The normalized spacial score (nSPS) is 11.7. The number of benzene rings is 2. The smallest absolute Gasteiger partial charge is 0.233 e. The predicted molar refractivity (Wildman–Crippen MR) is 129 cm³/mol. The predicted octanol–water partition coefficient (Wildman–Crippen LogP) is 4.53. The van der Waals surface area contributed by atoms with Gasteiger partial charge >= 0.3 is 0 Å². The summed E-state index contributed by atoms with van der Waals surface area (Å²) in [6, 6.07) is 21.4. The van der Waals surface area contributed by atoms with Crippen LogP contribution in [-0.4, -0.2) is 37.5 Å². The van der Waals surface area contributed by atoms with Gasteiger partial charge in [0.25, 0.3) is 0 Å². The number of aromatic nitrogens is 4. The molecule has 2 aromatic heterocycles. The van der Waals surface area contributed by atoms with Gasteiger partial charge in [0.05, 0.1) is 11.9 Å². The quantitative estimate of drug-likeness (QED) is 0.371. The van der Waals surface area contributed by atoms with E-state index in [4.69, 9.17) is 4.74 Å². The number of nitrogens with one attached hydrogen (secondary N) is 1. The fourth-order valence-corrected chi connectivity index (χ4v) is 4.15. The van der Waals surface area contributed by atoms with E-state index in [1.807, 2.05) is 85.1 Å². The van der Waals surface area contributed by atoms with Gasteiger partial charge in [0.1, 0.15) is 5.75 Å². The molecular formula is C25H25N5O2S. The van der Waals surface area contributed by atoms with Gasteiger partial charge in [0, 0.05) is 30.2 Å². The van der Waals surface area contributed by atoms with E-state index in [1.165, 1.54) is 11.8 Å². The minimum Gasteiger partial charge on any atom is -0.494 e. The lowest BCUT2D eigenvalue weighted by molar-refractivity contribution is -0.120. The van der Waals surface area contributed by atoms with E-state index < -0.39 is 0 Å². The van der Waals surface area contributed by atoms with Crippen LogP contribution in [0.4, 0.5) is 0 Å². The minimum atomic E-state index is -0.360. The summed E-state index contributed by atoms with van der Waals surface area (Å²) in [5.41, 5.74) is 2.77. The van der Waals surface area contributed by atoms with Crippen molar-refractivity contribution in [3.8, 4) is 22.8 Å². The number of carbonyl (C=O) groups is 1. The molecule has 0 radical (unpaired) electrons. The average molecular weight is 460 g/mol. The molecule has 4 aromatic rings. The largest absolute Gasteiger partial charge is 0.494 e. The van der Waals surface area contributed by atoms with Crippen molar-refractivity contribution in [1.29, 1.82) is 0 Å². The molecule has 1 unspecified atom stereocenters. The van der Waals surface area contributed by atoms with Crippen LogP contribution < -0.4 is 10.1 Å². The highest BCUT2D eigenvalue weighted by Gasteiger charge is 2.22. The summed E-state index contributed by atoms with van der Waals surface area (Å²) in [6.07, 6.45) is 3.47. The van der Waals surface area contributed by atoms with Crippen molar-refractivity contribution < 1.29 is 9.53 Å². The highest BCUT2D eigenvalue weighted by molar-refractivity contribution is 8.00. The average Bonchev–Trinajstić information content (AvgIpc) is 3.27. The second-order valence-electron chi connectivity index (χ2n) is 7.27. The standard InChI is InChI=1S/C25H25N5O2S/c1-3-32-22-13-11-21(12-14-22)30-23(20-10-7-15-26-17-20)28-29-25(30)33-18(2)24(31)27-16-19-8-5-4-6-9-19/h4-15,17-18H,3,16H2,1-2H3,(H,27,31). The summed E-state index contributed by atoms with van der Waals surface area (Å²) in [5.74, 6) is 1.39. The molecule has 0 saturated heterocycles.